The van der Waals surface area contributed by atoms with Crippen molar-refractivity contribution < 1.29 is 8.78 Å². The van der Waals surface area contributed by atoms with E-state index in [1.165, 1.54) is 18.5 Å². The molecule has 19 heavy (non-hydrogen) atoms. The largest absolute Gasteiger partial charge is 0.310 e. The van der Waals surface area contributed by atoms with Crippen LogP contribution in [-0.4, -0.2) is 16.5 Å². The minimum Gasteiger partial charge on any atom is -0.310 e. The highest BCUT2D eigenvalue weighted by Crippen LogP contribution is 2.19. The molecule has 0 saturated heterocycles. The molecule has 0 aliphatic heterocycles. The van der Waals surface area contributed by atoms with Crippen molar-refractivity contribution in [3.63, 3.8) is 0 Å². The molecule has 100 valence electrons. The van der Waals surface area contributed by atoms with Gasteiger partial charge in [-0.15, -0.1) is 0 Å². The van der Waals surface area contributed by atoms with Crippen molar-refractivity contribution in [1.29, 1.82) is 0 Å². The molecule has 1 unspecified atom stereocenters. The van der Waals surface area contributed by atoms with E-state index in [0.717, 1.165) is 18.2 Å². The maximum atomic E-state index is 13.7. The van der Waals surface area contributed by atoms with Crippen molar-refractivity contribution in [2.24, 2.45) is 0 Å². The number of aromatic nitrogens is 2. The molecular weight excluding hydrogens is 248 g/mol. The SMILES string of the molecule is CCNC(Cc1ccc(F)cc1F)c1cncnc1. The van der Waals surface area contributed by atoms with Gasteiger partial charge in [0.1, 0.15) is 18.0 Å². The Morgan fingerprint density at radius 3 is 2.58 bits per heavy atom. The highest BCUT2D eigenvalue weighted by Gasteiger charge is 2.14. The molecule has 0 spiro atoms. The summed E-state index contributed by atoms with van der Waals surface area (Å²) in [5, 5.41) is 3.25. The quantitative estimate of drug-likeness (QED) is 0.901. The fourth-order valence-corrected chi connectivity index (χ4v) is 1.95. The van der Waals surface area contributed by atoms with Gasteiger partial charge in [-0.25, -0.2) is 18.7 Å². The highest BCUT2D eigenvalue weighted by molar-refractivity contribution is 5.22. The van der Waals surface area contributed by atoms with E-state index < -0.39 is 11.6 Å². The number of nitrogens with zero attached hydrogens (tertiary/aromatic N) is 2. The number of benzene rings is 1. The molecule has 3 nitrogen and oxygen atoms in total. The predicted octanol–water partition coefficient (Wildman–Crippen LogP) is 2.65. The first-order chi connectivity index (χ1) is 9.20. The Balaban J connectivity index is 2.21. The third-order valence-corrected chi connectivity index (χ3v) is 2.87. The monoisotopic (exact) mass is 263 g/mol. The van der Waals surface area contributed by atoms with Gasteiger partial charge in [0.05, 0.1) is 0 Å². The fourth-order valence-electron chi connectivity index (χ4n) is 1.95. The van der Waals surface area contributed by atoms with Crippen LogP contribution in [0.25, 0.3) is 0 Å². The molecule has 1 aromatic carbocycles. The van der Waals surface area contributed by atoms with Crippen molar-refractivity contribution in [2.75, 3.05) is 6.54 Å². The van der Waals surface area contributed by atoms with Gasteiger partial charge in [0, 0.05) is 30.1 Å². The van der Waals surface area contributed by atoms with E-state index in [-0.39, 0.29) is 6.04 Å². The molecule has 1 heterocycles. The zero-order chi connectivity index (χ0) is 13.7. The molecule has 0 radical (unpaired) electrons. The molecule has 2 aromatic rings. The van der Waals surface area contributed by atoms with Gasteiger partial charge in [-0.2, -0.15) is 0 Å². The summed E-state index contributed by atoms with van der Waals surface area (Å²) in [6.07, 6.45) is 5.27. The van der Waals surface area contributed by atoms with E-state index in [0.29, 0.717) is 12.0 Å². The Morgan fingerprint density at radius 1 is 1.21 bits per heavy atom. The molecule has 2 rings (SSSR count). The summed E-state index contributed by atoms with van der Waals surface area (Å²) in [6, 6.07) is 3.55. The molecule has 0 amide bonds. The van der Waals surface area contributed by atoms with Crippen molar-refractivity contribution >= 4 is 0 Å². The van der Waals surface area contributed by atoms with E-state index in [1.807, 2.05) is 6.92 Å². The number of halogens is 2. The lowest BCUT2D eigenvalue weighted by atomic mass is 10.0. The summed E-state index contributed by atoms with van der Waals surface area (Å²) in [5.41, 5.74) is 1.35. The highest BCUT2D eigenvalue weighted by atomic mass is 19.1. The number of rotatable bonds is 5. The zero-order valence-electron chi connectivity index (χ0n) is 10.6. The summed E-state index contributed by atoms with van der Waals surface area (Å²) in [7, 11) is 0. The van der Waals surface area contributed by atoms with E-state index >= 15 is 0 Å². The van der Waals surface area contributed by atoms with Crippen LogP contribution in [0, 0.1) is 11.6 Å². The number of nitrogens with one attached hydrogen (secondary N) is 1. The lowest BCUT2D eigenvalue weighted by Gasteiger charge is -2.18. The van der Waals surface area contributed by atoms with Crippen molar-refractivity contribution in [3.05, 3.63) is 59.7 Å². The lowest BCUT2D eigenvalue weighted by molar-refractivity contribution is 0.519. The van der Waals surface area contributed by atoms with Crippen LogP contribution < -0.4 is 5.32 Å². The summed E-state index contributed by atoms with van der Waals surface area (Å²) in [4.78, 5) is 7.92. The maximum absolute atomic E-state index is 13.7. The first-order valence-corrected chi connectivity index (χ1v) is 6.13. The van der Waals surface area contributed by atoms with Gasteiger partial charge in [-0.1, -0.05) is 13.0 Å². The van der Waals surface area contributed by atoms with Crippen LogP contribution in [0.15, 0.2) is 36.9 Å². The van der Waals surface area contributed by atoms with E-state index in [4.69, 9.17) is 0 Å². The lowest BCUT2D eigenvalue weighted by Crippen LogP contribution is -2.23. The second kappa shape index (κ2) is 6.33. The van der Waals surface area contributed by atoms with Crippen LogP contribution >= 0.6 is 0 Å². The number of hydrogen-bond acceptors (Lipinski definition) is 3. The fraction of sp³-hybridized carbons (Fsp3) is 0.286. The topological polar surface area (TPSA) is 37.8 Å². The van der Waals surface area contributed by atoms with Crippen molar-refractivity contribution in [1.82, 2.24) is 15.3 Å². The van der Waals surface area contributed by atoms with Gasteiger partial charge in [0.25, 0.3) is 0 Å². The number of likely N-dealkylation sites (N-methyl/N-ethyl adjacent to an activating group) is 1. The molecular formula is C14H15F2N3. The summed E-state index contributed by atoms with van der Waals surface area (Å²) in [6.45, 7) is 2.71. The summed E-state index contributed by atoms with van der Waals surface area (Å²) >= 11 is 0. The minimum atomic E-state index is -0.565. The van der Waals surface area contributed by atoms with Crippen LogP contribution in [0.4, 0.5) is 8.78 Å². The standard InChI is InChI=1S/C14H15F2N3/c1-2-19-14(11-7-17-9-18-8-11)5-10-3-4-12(15)6-13(10)16/h3-4,6-9,14,19H,2,5H2,1H3. The Labute approximate surface area is 110 Å². The summed E-state index contributed by atoms with van der Waals surface area (Å²) in [5.74, 6) is -1.09. The average Bonchev–Trinajstić information content (AvgIpc) is 2.42. The molecule has 1 aromatic heterocycles. The number of hydrogen-bond donors (Lipinski definition) is 1. The molecule has 5 heteroatoms. The molecule has 0 bridgehead atoms. The molecule has 0 aliphatic carbocycles. The van der Waals surface area contributed by atoms with Gasteiger partial charge in [-0.05, 0) is 24.6 Å². The third-order valence-electron chi connectivity index (χ3n) is 2.87. The Morgan fingerprint density at radius 2 is 1.95 bits per heavy atom. The van der Waals surface area contributed by atoms with E-state index in [1.54, 1.807) is 12.4 Å². The van der Waals surface area contributed by atoms with Crippen LogP contribution in [0.2, 0.25) is 0 Å². The predicted molar refractivity (Wildman–Crippen MR) is 68.5 cm³/mol. The minimum absolute atomic E-state index is 0.0915. The molecule has 0 fully saturated rings. The third kappa shape index (κ3) is 3.54. The van der Waals surface area contributed by atoms with Crippen LogP contribution in [0.3, 0.4) is 0 Å². The van der Waals surface area contributed by atoms with Gasteiger partial charge < -0.3 is 5.32 Å². The van der Waals surface area contributed by atoms with Gasteiger partial charge in [-0.3, -0.25) is 0 Å². The molecule has 1 atom stereocenters. The van der Waals surface area contributed by atoms with Crippen molar-refractivity contribution in [3.8, 4) is 0 Å². The molecule has 0 aliphatic rings. The van der Waals surface area contributed by atoms with E-state index in [2.05, 4.69) is 15.3 Å². The average molecular weight is 263 g/mol. The zero-order valence-corrected chi connectivity index (χ0v) is 10.6. The first kappa shape index (κ1) is 13.5. The van der Waals surface area contributed by atoms with Crippen LogP contribution in [0.5, 0.6) is 0 Å². The van der Waals surface area contributed by atoms with Crippen molar-refractivity contribution in [2.45, 2.75) is 19.4 Å². The Hall–Kier alpha value is -1.88. The van der Waals surface area contributed by atoms with Crippen LogP contribution in [0.1, 0.15) is 24.1 Å². The first-order valence-electron chi connectivity index (χ1n) is 6.13. The smallest absolute Gasteiger partial charge is 0.129 e. The van der Waals surface area contributed by atoms with Crippen LogP contribution in [-0.2, 0) is 6.42 Å². The Kier molecular flexibility index (Phi) is 4.52. The normalized spacial score (nSPS) is 12.4. The van der Waals surface area contributed by atoms with Gasteiger partial charge in [0.2, 0.25) is 0 Å². The van der Waals surface area contributed by atoms with E-state index in [9.17, 15) is 8.78 Å². The molecule has 0 saturated carbocycles. The van der Waals surface area contributed by atoms with Gasteiger partial charge in [0.15, 0.2) is 0 Å². The van der Waals surface area contributed by atoms with Gasteiger partial charge >= 0.3 is 0 Å². The second-order valence-corrected chi connectivity index (χ2v) is 4.22. The molecule has 1 N–H and O–H groups in total. The second-order valence-electron chi connectivity index (χ2n) is 4.22. The summed E-state index contributed by atoms with van der Waals surface area (Å²) < 4.78 is 26.5. The maximum Gasteiger partial charge on any atom is 0.129 e. The Bertz CT molecular complexity index is 531.